The smallest absolute Gasteiger partial charge is 0.0201 e. The molecule has 0 aromatic carbocycles. The normalized spacial score (nSPS) is 12.8. The SMILES string of the molecule is CC/C(NC(C)C)=C(\C)C=S. The Morgan fingerprint density at radius 1 is 1.55 bits per heavy atom. The molecular weight excluding hydrogens is 154 g/mol. The minimum Gasteiger partial charge on any atom is -0.386 e. The maximum atomic E-state index is 4.85. The van der Waals surface area contributed by atoms with Gasteiger partial charge in [0.2, 0.25) is 0 Å². The molecule has 0 saturated carbocycles. The molecule has 1 nitrogen and oxygen atoms in total. The van der Waals surface area contributed by atoms with Crippen molar-refractivity contribution in [3.63, 3.8) is 0 Å². The third kappa shape index (κ3) is 4.14. The number of hydrogen-bond donors (Lipinski definition) is 1. The second-order valence-electron chi connectivity index (χ2n) is 2.93. The molecule has 0 amide bonds. The van der Waals surface area contributed by atoms with Crippen LogP contribution in [0.25, 0.3) is 0 Å². The van der Waals surface area contributed by atoms with Crippen molar-refractivity contribution >= 4 is 17.6 Å². The highest BCUT2D eigenvalue weighted by molar-refractivity contribution is 7.79. The van der Waals surface area contributed by atoms with Crippen molar-refractivity contribution in [3.8, 4) is 0 Å². The van der Waals surface area contributed by atoms with Crippen LogP contribution in [-0.4, -0.2) is 11.4 Å². The number of nitrogens with one attached hydrogen (secondary N) is 1. The van der Waals surface area contributed by atoms with Crippen LogP contribution >= 0.6 is 12.2 Å². The van der Waals surface area contributed by atoms with Crippen LogP contribution in [0.4, 0.5) is 0 Å². The summed E-state index contributed by atoms with van der Waals surface area (Å²) in [7, 11) is 0. The van der Waals surface area contributed by atoms with E-state index >= 15 is 0 Å². The predicted octanol–water partition coefficient (Wildman–Crippen LogP) is 2.67. The molecule has 1 N–H and O–H groups in total. The Labute approximate surface area is 74.9 Å². The van der Waals surface area contributed by atoms with Crippen molar-refractivity contribution < 1.29 is 0 Å². The molecule has 0 aliphatic rings. The van der Waals surface area contributed by atoms with Gasteiger partial charge in [0.1, 0.15) is 0 Å². The number of hydrogen-bond acceptors (Lipinski definition) is 2. The van der Waals surface area contributed by atoms with Gasteiger partial charge in [-0.25, -0.2) is 0 Å². The Morgan fingerprint density at radius 2 is 2.09 bits per heavy atom. The summed E-state index contributed by atoms with van der Waals surface area (Å²) >= 11 is 4.85. The average molecular weight is 171 g/mol. The summed E-state index contributed by atoms with van der Waals surface area (Å²) in [4.78, 5) is 0. The van der Waals surface area contributed by atoms with Crippen molar-refractivity contribution in [2.45, 2.75) is 40.2 Å². The van der Waals surface area contributed by atoms with Crippen LogP contribution in [0.1, 0.15) is 34.1 Å². The quantitative estimate of drug-likeness (QED) is 0.515. The standard InChI is InChI=1S/C9H17NS/c1-5-9(8(4)6-11)10-7(2)3/h6-7,10H,5H2,1-4H3/b9-8-. The largest absolute Gasteiger partial charge is 0.386 e. The van der Waals surface area contributed by atoms with Gasteiger partial charge >= 0.3 is 0 Å². The van der Waals surface area contributed by atoms with Gasteiger partial charge in [0.25, 0.3) is 0 Å². The van der Waals surface area contributed by atoms with Crippen LogP contribution < -0.4 is 5.32 Å². The highest BCUT2D eigenvalue weighted by Gasteiger charge is 1.98. The summed E-state index contributed by atoms with van der Waals surface area (Å²) in [6.45, 7) is 8.44. The molecule has 0 aromatic heterocycles. The van der Waals surface area contributed by atoms with Gasteiger partial charge in [-0.15, -0.1) is 0 Å². The molecule has 0 bridgehead atoms. The first-order valence-electron chi connectivity index (χ1n) is 4.03. The van der Waals surface area contributed by atoms with Gasteiger partial charge in [-0.05, 0) is 32.8 Å². The molecule has 64 valence electrons. The molecular formula is C9H17NS. The molecule has 0 saturated heterocycles. The first kappa shape index (κ1) is 10.6. The Hall–Kier alpha value is -0.370. The summed E-state index contributed by atoms with van der Waals surface area (Å²) in [5.41, 5.74) is 2.44. The van der Waals surface area contributed by atoms with E-state index < -0.39 is 0 Å². The molecule has 0 unspecified atom stereocenters. The molecule has 0 aliphatic carbocycles. The summed E-state index contributed by atoms with van der Waals surface area (Å²) in [6, 6.07) is 0.495. The van der Waals surface area contributed by atoms with Gasteiger partial charge in [-0.2, -0.15) is 0 Å². The number of thiocarbonyl (C=S) groups is 1. The van der Waals surface area contributed by atoms with Crippen molar-refractivity contribution in [1.82, 2.24) is 5.32 Å². The summed E-state index contributed by atoms with van der Waals surface area (Å²) in [6.07, 6.45) is 1.02. The van der Waals surface area contributed by atoms with Crippen LogP contribution in [0, 0.1) is 0 Å². The van der Waals surface area contributed by atoms with E-state index in [9.17, 15) is 0 Å². The second kappa shape index (κ2) is 5.30. The number of allylic oxidation sites excluding steroid dienone is 2. The third-order valence-corrected chi connectivity index (χ3v) is 1.82. The lowest BCUT2D eigenvalue weighted by Crippen LogP contribution is -2.22. The highest BCUT2D eigenvalue weighted by atomic mass is 32.1. The van der Waals surface area contributed by atoms with Crippen molar-refractivity contribution in [1.29, 1.82) is 0 Å². The highest BCUT2D eigenvalue weighted by Crippen LogP contribution is 2.03. The van der Waals surface area contributed by atoms with Gasteiger partial charge in [0.15, 0.2) is 0 Å². The van der Waals surface area contributed by atoms with E-state index in [-0.39, 0.29) is 0 Å². The van der Waals surface area contributed by atoms with Crippen molar-refractivity contribution in [2.75, 3.05) is 0 Å². The lowest BCUT2D eigenvalue weighted by molar-refractivity contribution is 0.647. The van der Waals surface area contributed by atoms with Crippen molar-refractivity contribution in [2.24, 2.45) is 0 Å². The molecule has 2 heteroatoms. The van der Waals surface area contributed by atoms with E-state index in [4.69, 9.17) is 12.2 Å². The van der Waals surface area contributed by atoms with Gasteiger partial charge in [0, 0.05) is 17.1 Å². The Kier molecular flexibility index (Phi) is 5.12. The lowest BCUT2D eigenvalue weighted by Gasteiger charge is -2.14. The summed E-state index contributed by atoms with van der Waals surface area (Å²) in [5, 5.41) is 5.09. The zero-order valence-corrected chi connectivity index (χ0v) is 8.59. The van der Waals surface area contributed by atoms with E-state index in [1.54, 1.807) is 5.37 Å². The van der Waals surface area contributed by atoms with Crippen LogP contribution in [0.5, 0.6) is 0 Å². The molecule has 0 heterocycles. The predicted molar refractivity (Wildman–Crippen MR) is 54.9 cm³/mol. The van der Waals surface area contributed by atoms with Crippen LogP contribution in [0.2, 0.25) is 0 Å². The molecule has 11 heavy (non-hydrogen) atoms. The summed E-state index contributed by atoms with van der Waals surface area (Å²) < 4.78 is 0. The maximum absolute atomic E-state index is 4.85. The molecule has 0 aliphatic heterocycles. The minimum atomic E-state index is 0.495. The zero-order valence-electron chi connectivity index (χ0n) is 7.77. The van der Waals surface area contributed by atoms with E-state index in [0.717, 1.165) is 6.42 Å². The fraction of sp³-hybridized carbons (Fsp3) is 0.667. The molecule has 0 atom stereocenters. The fourth-order valence-corrected chi connectivity index (χ4v) is 1.06. The van der Waals surface area contributed by atoms with E-state index in [2.05, 4.69) is 26.1 Å². The Morgan fingerprint density at radius 3 is 2.36 bits per heavy atom. The van der Waals surface area contributed by atoms with E-state index in [0.29, 0.717) is 6.04 Å². The summed E-state index contributed by atoms with van der Waals surface area (Å²) in [5.74, 6) is 0. The number of rotatable bonds is 4. The minimum absolute atomic E-state index is 0.495. The first-order chi connectivity index (χ1) is 5.11. The average Bonchev–Trinajstić information content (AvgIpc) is 1.98. The van der Waals surface area contributed by atoms with Gasteiger partial charge in [-0.1, -0.05) is 19.1 Å². The van der Waals surface area contributed by atoms with Crippen LogP contribution in [0.15, 0.2) is 11.3 Å². The lowest BCUT2D eigenvalue weighted by atomic mass is 10.2. The topological polar surface area (TPSA) is 12.0 Å². The molecule has 0 aromatic rings. The first-order valence-corrected chi connectivity index (χ1v) is 4.50. The zero-order chi connectivity index (χ0) is 8.85. The second-order valence-corrected chi connectivity index (χ2v) is 3.17. The van der Waals surface area contributed by atoms with Crippen LogP contribution in [-0.2, 0) is 0 Å². The molecule has 0 radical (unpaired) electrons. The maximum Gasteiger partial charge on any atom is 0.0201 e. The van der Waals surface area contributed by atoms with Crippen molar-refractivity contribution in [3.05, 3.63) is 11.3 Å². The molecule has 0 rings (SSSR count). The molecule has 0 spiro atoms. The van der Waals surface area contributed by atoms with Gasteiger partial charge in [0.05, 0.1) is 0 Å². The Bertz CT molecular complexity index is 159. The fourth-order valence-electron chi connectivity index (χ4n) is 0.914. The van der Waals surface area contributed by atoms with E-state index in [1.807, 2.05) is 6.92 Å². The van der Waals surface area contributed by atoms with Crippen LogP contribution in [0.3, 0.4) is 0 Å². The Balaban J connectivity index is 4.26. The monoisotopic (exact) mass is 171 g/mol. The van der Waals surface area contributed by atoms with E-state index in [1.165, 1.54) is 11.3 Å². The van der Waals surface area contributed by atoms with Gasteiger partial charge < -0.3 is 5.32 Å². The molecule has 0 fully saturated rings. The third-order valence-electron chi connectivity index (χ3n) is 1.47. The van der Waals surface area contributed by atoms with Gasteiger partial charge in [-0.3, -0.25) is 0 Å².